The van der Waals surface area contributed by atoms with E-state index < -0.39 is 24.5 Å². The second-order valence-electron chi connectivity index (χ2n) is 16.2. The lowest BCUT2D eigenvalue weighted by atomic mass is 9.86. The van der Waals surface area contributed by atoms with Crippen LogP contribution in [0.3, 0.4) is 0 Å². The predicted molar refractivity (Wildman–Crippen MR) is 240 cm³/mol. The number of esters is 2. The molecule has 0 aliphatic heterocycles. The molecule has 326 valence electrons. The van der Waals surface area contributed by atoms with Crippen LogP contribution in [0.15, 0.2) is 48.5 Å². The first-order valence-corrected chi connectivity index (χ1v) is 20.9. The molecule has 0 N–H and O–H groups in total. The van der Waals surface area contributed by atoms with E-state index in [2.05, 4.69) is 63.9 Å². The summed E-state index contributed by atoms with van der Waals surface area (Å²) < 4.78 is 25.8. The summed E-state index contributed by atoms with van der Waals surface area (Å²) in [6.45, 7) is 27.4. The molecule has 2 atom stereocenters. The third-order valence-corrected chi connectivity index (χ3v) is 10.3. The van der Waals surface area contributed by atoms with E-state index in [1.807, 2.05) is 62.4 Å². The molecule has 0 amide bonds. The summed E-state index contributed by atoms with van der Waals surface area (Å²) >= 11 is 13.1. The van der Waals surface area contributed by atoms with Crippen LogP contribution >= 0.6 is 23.2 Å². The van der Waals surface area contributed by atoms with Crippen molar-refractivity contribution in [3.63, 3.8) is 0 Å². The van der Waals surface area contributed by atoms with E-state index in [1.54, 1.807) is 44.0 Å². The van der Waals surface area contributed by atoms with Gasteiger partial charge in [-0.3, -0.25) is 19.0 Å². The van der Waals surface area contributed by atoms with E-state index in [9.17, 15) is 20.1 Å². The zero-order valence-corrected chi connectivity index (χ0v) is 39.3. The second kappa shape index (κ2) is 21.3. The first-order valence-electron chi connectivity index (χ1n) is 20.2. The zero-order chi connectivity index (χ0) is 46.0. The maximum atomic E-state index is 11.7. The largest absolute Gasteiger partial charge is 0.451 e. The Morgan fingerprint density at radius 2 is 1.00 bits per heavy atom. The summed E-state index contributed by atoms with van der Waals surface area (Å²) in [7, 11) is 0. The molecule has 4 aromatic rings. The third-order valence-electron chi connectivity index (χ3n) is 9.38. The quantitative estimate of drug-likeness (QED) is 0.0548. The Bertz CT molecular complexity index is 2330. The molecule has 0 radical (unpaired) electrons. The summed E-state index contributed by atoms with van der Waals surface area (Å²) in [6.07, 6.45) is -1.60. The molecule has 2 aromatic heterocycles. The first kappa shape index (κ1) is 49.8. The van der Waals surface area contributed by atoms with Crippen LogP contribution in [0.2, 0.25) is 10.0 Å². The van der Waals surface area contributed by atoms with Crippen molar-refractivity contribution in [2.75, 3.05) is 0 Å². The Kier molecular flexibility index (Phi) is 17.4. The lowest BCUT2D eigenvalue weighted by Crippen LogP contribution is -2.19. The van der Waals surface area contributed by atoms with Crippen molar-refractivity contribution in [2.24, 2.45) is 0 Å². The summed E-state index contributed by atoms with van der Waals surface area (Å²) in [5.41, 5.74) is 6.39. The molecule has 61 heavy (non-hydrogen) atoms. The number of ether oxygens (including phenoxy) is 4. The molecule has 0 saturated carbocycles. The minimum atomic E-state index is -0.911. The van der Waals surface area contributed by atoms with Crippen LogP contribution in [0.4, 0.5) is 0 Å². The molecule has 0 spiro atoms. The highest BCUT2D eigenvalue weighted by molar-refractivity contribution is 6.33. The molecule has 2 heterocycles. The molecule has 2 aromatic carbocycles. The van der Waals surface area contributed by atoms with Crippen LogP contribution in [0.25, 0.3) is 22.7 Å². The van der Waals surface area contributed by atoms with E-state index in [4.69, 9.17) is 42.1 Å². The van der Waals surface area contributed by atoms with Gasteiger partial charge in [-0.2, -0.15) is 20.7 Å². The highest BCUT2D eigenvalue weighted by Crippen LogP contribution is 2.37. The van der Waals surface area contributed by atoms with Crippen molar-refractivity contribution in [2.45, 2.75) is 140 Å². The summed E-state index contributed by atoms with van der Waals surface area (Å²) in [4.78, 5) is 23.1. The minimum absolute atomic E-state index is 0.0144. The van der Waals surface area contributed by atoms with Crippen molar-refractivity contribution in [1.82, 2.24) is 19.6 Å². The van der Waals surface area contributed by atoms with E-state index >= 15 is 0 Å². The predicted octanol–water partition coefficient (Wildman–Crippen LogP) is 11.3. The number of nitrogens with zero attached hydrogens (tertiary/aromatic N) is 6. The number of carbonyl (C=O) groups excluding carboxylic acids is 2. The lowest BCUT2D eigenvalue weighted by Gasteiger charge is -2.21. The average Bonchev–Trinajstić information content (AvgIpc) is 3.65. The fraction of sp³-hybridized carbons (Fsp3) is 0.447. The number of halogens is 2. The van der Waals surface area contributed by atoms with Gasteiger partial charge in [-0.05, 0) is 60.8 Å². The van der Waals surface area contributed by atoms with Gasteiger partial charge in [0.15, 0.2) is 11.5 Å². The molecule has 0 aliphatic carbocycles. The van der Waals surface area contributed by atoms with Crippen LogP contribution < -0.4 is 0 Å². The van der Waals surface area contributed by atoms with Gasteiger partial charge in [0.05, 0.1) is 21.4 Å². The van der Waals surface area contributed by atoms with Crippen molar-refractivity contribution >= 4 is 57.8 Å². The number of carbonyl (C=O) groups is 2. The fourth-order valence-corrected chi connectivity index (χ4v) is 6.57. The Balaban J connectivity index is 0.000000325. The Hall–Kier alpha value is -5.56. The lowest BCUT2D eigenvalue weighted by molar-refractivity contribution is -0.164. The number of allylic oxidation sites excluding steroid dienone is 2. The molecule has 4 rings (SSSR count). The number of rotatable bonds is 13. The molecule has 0 saturated heterocycles. The number of nitriles is 2. The first-order chi connectivity index (χ1) is 28.5. The highest BCUT2D eigenvalue weighted by atomic mass is 35.5. The van der Waals surface area contributed by atoms with Gasteiger partial charge in [0, 0.05) is 40.3 Å². The smallest absolute Gasteiger partial charge is 0.308 e. The molecule has 0 bridgehead atoms. The molecule has 2 unspecified atom stereocenters. The maximum Gasteiger partial charge on any atom is 0.308 e. The summed E-state index contributed by atoms with van der Waals surface area (Å²) in [5.74, 6) is -0.426. The van der Waals surface area contributed by atoms with Crippen LogP contribution in [0, 0.1) is 36.5 Å². The topological polar surface area (TPSA) is 154 Å². The number of aromatic nitrogens is 4. The van der Waals surface area contributed by atoms with E-state index in [0.29, 0.717) is 57.0 Å². The highest BCUT2D eigenvalue weighted by Gasteiger charge is 2.28. The van der Waals surface area contributed by atoms with Crippen molar-refractivity contribution in [1.29, 1.82) is 10.5 Å². The minimum Gasteiger partial charge on any atom is -0.451 e. The number of hydrogen-bond acceptors (Lipinski definition) is 10. The number of aryl methyl sites for hydroxylation is 4. The van der Waals surface area contributed by atoms with Gasteiger partial charge in [-0.25, -0.2) is 0 Å². The second-order valence-corrected chi connectivity index (χ2v) is 17.0. The standard InChI is InChI=1S/C24H30ClN3O3.C23H28ClN3O3/c1-8-20(29)30-16(4)31-23(22-21(25)15(3)27-28(22)9-2)19(14-26)17-10-12-18(13-11-17)24(5,6)7;1-8-27-21(20(24)14(2)26-27)22(30-16(4)29-15(3)28)19(13-25)17-9-11-18(12-10-17)23(5,6)7/h10-13,16H,8-9H2,1-7H3;9-12,16H,8H2,1-7H3/b23-19-;22-19-. The number of benzene rings is 2. The van der Waals surface area contributed by atoms with Gasteiger partial charge in [-0.15, -0.1) is 0 Å². The average molecular weight is 874 g/mol. The third kappa shape index (κ3) is 12.7. The SMILES string of the molecule is CCC(=O)OC(C)O/C(=C(/C#N)c1ccc(C(C)(C)C)cc1)c1c(Cl)c(C)nn1CC.CCn1nc(C)c(Cl)c1/C(OC(C)OC(C)=O)=C(\C#N)c1ccc(C(C)(C)C)cc1. The van der Waals surface area contributed by atoms with E-state index in [1.165, 1.54) is 6.92 Å². The molecule has 14 heteroatoms. The van der Waals surface area contributed by atoms with Crippen molar-refractivity contribution < 1.29 is 28.5 Å². The number of hydrogen-bond donors (Lipinski definition) is 0. The van der Waals surface area contributed by atoms with Gasteiger partial charge >= 0.3 is 11.9 Å². The van der Waals surface area contributed by atoms with Crippen LogP contribution in [-0.4, -0.2) is 44.1 Å². The van der Waals surface area contributed by atoms with Crippen molar-refractivity contribution in [3.05, 3.63) is 104 Å². The maximum absolute atomic E-state index is 11.7. The Morgan fingerprint density at radius 1 is 0.656 bits per heavy atom. The van der Waals surface area contributed by atoms with Gasteiger partial charge in [0.1, 0.15) is 34.7 Å². The molecule has 12 nitrogen and oxygen atoms in total. The van der Waals surface area contributed by atoms with Gasteiger partial charge in [0.25, 0.3) is 0 Å². The molecule has 0 fully saturated rings. The van der Waals surface area contributed by atoms with E-state index in [-0.39, 0.29) is 39.9 Å². The Morgan fingerprint density at radius 3 is 1.28 bits per heavy atom. The van der Waals surface area contributed by atoms with Crippen molar-refractivity contribution in [3.8, 4) is 12.1 Å². The molecule has 0 aliphatic rings. The summed E-state index contributed by atoms with van der Waals surface area (Å²) in [6, 6.07) is 20.0. The molecular formula is C47H58Cl2N6O6. The van der Waals surface area contributed by atoms with Crippen LogP contribution in [0.1, 0.15) is 135 Å². The summed E-state index contributed by atoms with van der Waals surface area (Å²) in [5, 5.41) is 29.8. The molecular weight excluding hydrogens is 815 g/mol. The normalized spacial score (nSPS) is 13.3. The van der Waals surface area contributed by atoms with Crippen LogP contribution in [0.5, 0.6) is 0 Å². The van der Waals surface area contributed by atoms with Gasteiger partial charge in [0.2, 0.25) is 12.6 Å². The fourth-order valence-electron chi connectivity index (χ4n) is 6.13. The van der Waals surface area contributed by atoms with E-state index in [0.717, 1.165) is 11.1 Å². The Labute approximate surface area is 370 Å². The zero-order valence-electron chi connectivity index (χ0n) is 37.8. The monoisotopic (exact) mass is 872 g/mol. The van der Waals surface area contributed by atoms with Crippen LogP contribution in [-0.2, 0) is 52.5 Å². The van der Waals surface area contributed by atoms with Gasteiger partial charge in [-0.1, -0.05) is 120 Å². The van der Waals surface area contributed by atoms with Gasteiger partial charge < -0.3 is 18.9 Å².